The summed E-state index contributed by atoms with van der Waals surface area (Å²) in [6.07, 6.45) is 4.02. The third-order valence-corrected chi connectivity index (χ3v) is 4.74. The number of nitrogens with one attached hydrogen (secondary N) is 1. The van der Waals surface area contributed by atoms with Gasteiger partial charge in [-0.05, 0) is 44.7 Å². The minimum atomic E-state index is 0.427. The Kier molecular flexibility index (Phi) is 6.31. The molecule has 0 aliphatic carbocycles. The van der Waals surface area contributed by atoms with Crippen molar-refractivity contribution in [3.8, 4) is 0 Å². The molecule has 1 aliphatic rings. The third kappa shape index (κ3) is 5.22. The summed E-state index contributed by atoms with van der Waals surface area (Å²) < 4.78 is 5.69. The summed E-state index contributed by atoms with van der Waals surface area (Å²) in [5, 5.41) is 5.74. The van der Waals surface area contributed by atoms with Crippen LogP contribution in [0.5, 0.6) is 0 Å². The zero-order chi connectivity index (χ0) is 13.5. The lowest BCUT2D eigenvalue weighted by Gasteiger charge is -2.22. The molecule has 1 aromatic rings. The summed E-state index contributed by atoms with van der Waals surface area (Å²) in [7, 11) is 2.20. The van der Waals surface area contributed by atoms with Crippen molar-refractivity contribution in [2.24, 2.45) is 0 Å². The minimum absolute atomic E-state index is 0.427. The Morgan fingerprint density at radius 1 is 1.53 bits per heavy atom. The predicted molar refractivity (Wildman–Crippen MR) is 82.0 cm³/mol. The van der Waals surface area contributed by atoms with Gasteiger partial charge in [-0.3, -0.25) is 0 Å². The molecule has 1 N–H and O–H groups in total. The number of thiophene rings is 1. The van der Waals surface area contributed by atoms with Crippen LogP contribution < -0.4 is 5.32 Å². The first-order valence-electron chi connectivity index (χ1n) is 7.31. The Hall–Kier alpha value is -0.420. The molecule has 19 heavy (non-hydrogen) atoms. The molecule has 2 unspecified atom stereocenters. The van der Waals surface area contributed by atoms with Crippen molar-refractivity contribution < 1.29 is 4.74 Å². The van der Waals surface area contributed by atoms with E-state index < -0.39 is 0 Å². The SMILES string of the molecule is CC(NCCN(C)CCc1cccs1)C1CCCO1. The first kappa shape index (κ1) is 15.0. The lowest BCUT2D eigenvalue weighted by atomic mass is 10.1. The van der Waals surface area contributed by atoms with Gasteiger partial charge in [0.2, 0.25) is 0 Å². The molecule has 4 heteroatoms. The van der Waals surface area contributed by atoms with E-state index in [0.29, 0.717) is 12.1 Å². The summed E-state index contributed by atoms with van der Waals surface area (Å²) >= 11 is 1.85. The van der Waals surface area contributed by atoms with E-state index in [1.807, 2.05) is 11.3 Å². The molecule has 1 fully saturated rings. The Bertz CT molecular complexity index is 336. The van der Waals surface area contributed by atoms with Crippen LogP contribution in [0.2, 0.25) is 0 Å². The van der Waals surface area contributed by atoms with Gasteiger partial charge in [0.05, 0.1) is 6.10 Å². The highest BCUT2D eigenvalue weighted by molar-refractivity contribution is 7.09. The van der Waals surface area contributed by atoms with Crippen molar-refractivity contribution in [3.05, 3.63) is 22.4 Å². The summed E-state index contributed by atoms with van der Waals surface area (Å²) in [5.41, 5.74) is 0. The van der Waals surface area contributed by atoms with E-state index in [1.165, 1.54) is 17.7 Å². The molecular weight excluding hydrogens is 256 g/mol. The highest BCUT2D eigenvalue weighted by atomic mass is 32.1. The molecule has 3 nitrogen and oxygen atoms in total. The van der Waals surface area contributed by atoms with Crippen LogP contribution in [0, 0.1) is 0 Å². The normalized spacial score (nSPS) is 21.1. The van der Waals surface area contributed by atoms with Crippen LogP contribution in [0.15, 0.2) is 17.5 Å². The summed E-state index contributed by atoms with van der Waals surface area (Å²) in [6.45, 7) is 6.46. The maximum atomic E-state index is 5.69. The number of rotatable bonds is 8. The Morgan fingerprint density at radius 2 is 2.42 bits per heavy atom. The van der Waals surface area contributed by atoms with Crippen molar-refractivity contribution in [2.45, 2.75) is 38.3 Å². The molecule has 0 spiro atoms. The maximum absolute atomic E-state index is 5.69. The van der Waals surface area contributed by atoms with Crippen molar-refractivity contribution in [2.75, 3.05) is 33.3 Å². The molecule has 2 heterocycles. The van der Waals surface area contributed by atoms with E-state index >= 15 is 0 Å². The van der Waals surface area contributed by atoms with Crippen LogP contribution in [0.1, 0.15) is 24.6 Å². The molecule has 2 atom stereocenters. The number of ether oxygens (including phenoxy) is 1. The second-order valence-electron chi connectivity index (χ2n) is 5.43. The van der Waals surface area contributed by atoms with Gasteiger partial charge in [0.15, 0.2) is 0 Å². The van der Waals surface area contributed by atoms with Gasteiger partial charge in [-0.1, -0.05) is 6.07 Å². The average molecular weight is 282 g/mol. The van der Waals surface area contributed by atoms with Crippen LogP contribution >= 0.6 is 11.3 Å². The van der Waals surface area contributed by atoms with Crippen molar-refractivity contribution in [1.29, 1.82) is 0 Å². The standard InChI is InChI=1S/C15H26N2OS/c1-13(15-6-3-11-18-15)16-8-10-17(2)9-7-14-5-4-12-19-14/h4-5,12-13,15-16H,3,6-11H2,1-2H3. The molecule has 0 radical (unpaired) electrons. The number of likely N-dealkylation sites (N-methyl/N-ethyl adjacent to an activating group) is 1. The van der Waals surface area contributed by atoms with Gasteiger partial charge in [0.1, 0.15) is 0 Å². The van der Waals surface area contributed by atoms with Gasteiger partial charge < -0.3 is 15.0 Å². The zero-order valence-corrected chi connectivity index (χ0v) is 12.9. The molecule has 1 saturated heterocycles. The first-order chi connectivity index (χ1) is 9.25. The van der Waals surface area contributed by atoms with Crippen LogP contribution in [0.25, 0.3) is 0 Å². The topological polar surface area (TPSA) is 24.5 Å². The maximum Gasteiger partial charge on any atom is 0.0726 e. The number of hydrogen-bond acceptors (Lipinski definition) is 4. The second-order valence-corrected chi connectivity index (χ2v) is 6.46. The monoisotopic (exact) mass is 282 g/mol. The van der Waals surface area contributed by atoms with Gasteiger partial charge in [0, 0.05) is 37.2 Å². The van der Waals surface area contributed by atoms with E-state index in [4.69, 9.17) is 4.74 Å². The average Bonchev–Trinajstić information content (AvgIpc) is 3.09. The summed E-state index contributed by atoms with van der Waals surface area (Å²) in [5.74, 6) is 0. The molecule has 0 bridgehead atoms. The number of nitrogens with zero attached hydrogens (tertiary/aromatic N) is 1. The van der Waals surface area contributed by atoms with Crippen molar-refractivity contribution >= 4 is 11.3 Å². The van der Waals surface area contributed by atoms with Gasteiger partial charge in [-0.25, -0.2) is 0 Å². The van der Waals surface area contributed by atoms with E-state index in [0.717, 1.165) is 32.7 Å². The molecule has 2 rings (SSSR count). The molecule has 1 aliphatic heterocycles. The lowest BCUT2D eigenvalue weighted by Crippen LogP contribution is -2.41. The van der Waals surface area contributed by atoms with E-state index in [-0.39, 0.29) is 0 Å². The molecule has 0 aromatic carbocycles. The summed E-state index contributed by atoms with van der Waals surface area (Å²) in [4.78, 5) is 3.88. The third-order valence-electron chi connectivity index (χ3n) is 3.80. The minimum Gasteiger partial charge on any atom is -0.377 e. The zero-order valence-electron chi connectivity index (χ0n) is 12.1. The Balaban J connectivity index is 1.54. The van der Waals surface area contributed by atoms with Crippen LogP contribution in [0.4, 0.5) is 0 Å². The van der Waals surface area contributed by atoms with Gasteiger partial charge in [-0.2, -0.15) is 0 Å². The van der Waals surface area contributed by atoms with Gasteiger partial charge >= 0.3 is 0 Å². The summed E-state index contributed by atoms with van der Waals surface area (Å²) in [6, 6.07) is 4.83. The fourth-order valence-electron chi connectivity index (χ4n) is 2.48. The van der Waals surface area contributed by atoms with Crippen molar-refractivity contribution in [1.82, 2.24) is 10.2 Å². The molecule has 0 amide bonds. The molecule has 1 aromatic heterocycles. The van der Waals surface area contributed by atoms with Crippen molar-refractivity contribution in [3.63, 3.8) is 0 Å². The Morgan fingerprint density at radius 3 is 3.11 bits per heavy atom. The van der Waals surface area contributed by atoms with Gasteiger partial charge in [-0.15, -0.1) is 11.3 Å². The largest absolute Gasteiger partial charge is 0.377 e. The smallest absolute Gasteiger partial charge is 0.0726 e. The van der Waals surface area contributed by atoms with E-state index in [9.17, 15) is 0 Å². The molecular formula is C15H26N2OS. The number of hydrogen-bond donors (Lipinski definition) is 1. The van der Waals surface area contributed by atoms with Crippen LogP contribution in [-0.2, 0) is 11.2 Å². The highest BCUT2D eigenvalue weighted by Crippen LogP contribution is 2.15. The first-order valence-corrected chi connectivity index (χ1v) is 8.19. The fourth-order valence-corrected chi connectivity index (χ4v) is 3.18. The molecule has 0 saturated carbocycles. The second kappa shape index (κ2) is 8.00. The van der Waals surface area contributed by atoms with Gasteiger partial charge in [0.25, 0.3) is 0 Å². The van der Waals surface area contributed by atoms with E-state index in [1.54, 1.807) is 0 Å². The van der Waals surface area contributed by atoms with Crippen LogP contribution in [0.3, 0.4) is 0 Å². The predicted octanol–water partition coefficient (Wildman–Crippen LogP) is 2.38. The lowest BCUT2D eigenvalue weighted by molar-refractivity contribution is 0.0830. The van der Waals surface area contributed by atoms with E-state index in [2.05, 4.69) is 41.7 Å². The van der Waals surface area contributed by atoms with Crippen LogP contribution in [-0.4, -0.2) is 50.3 Å². The molecule has 108 valence electrons. The highest BCUT2D eigenvalue weighted by Gasteiger charge is 2.21. The fraction of sp³-hybridized carbons (Fsp3) is 0.733. The quantitative estimate of drug-likeness (QED) is 0.792. The Labute approximate surface area is 121 Å².